The minimum absolute atomic E-state index is 0.608. The highest BCUT2D eigenvalue weighted by molar-refractivity contribution is 7.09. The number of aromatic nitrogens is 2. The summed E-state index contributed by atoms with van der Waals surface area (Å²) < 4.78 is 0. The van der Waals surface area contributed by atoms with Crippen LogP contribution >= 0.6 is 11.3 Å². The summed E-state index contributed by atoms with van der Waals surface area (Å²) in [7, 11) is 0. The number of nitrogens with zero attached hydrogens (tertiary/aromatic N) is 3. The summed E-state index contributed by atoms with van der Waals surface area (Å²) in [6, 6.07) is 4.23. The van der Waals surface area contributed by atoms with E-state index in [0.717, 1.165) is 37.3 Å². The second kappa shape index (κ2) is 6.52. The molecule has 2 aromatic heterocycles. The normalized spacial score (nSPS) is 10.6. The zero-order valence-corrected chi connectivity index (χ0v) is 12.3. The molecule has 0 saturated heterocycles. The topological polar surface area (TPSA) is 55.0 Å². The number of rotatable bonds is 6. The molecule has 0 radical (unpaired) electrons. The summed E-state index contributed by atoms with van der Waals surface area (Å²) >= 11 is 1.77. The van der Waals surface area contributed by atoms with Gasteiger partial charge in [-0.05, 0) is 24.8 Å². The molecular formula is C14H20N4S. The fourth-order valence-corrected chi connectivity index (χ4v) is 2.83. The highest BCUT2D eigenvalue weighted by atomic mass is 32.1. The van der Waals surface area contributed by atoms with Gasteiger partial charge in [-0.15, -0.1) is 11.3 Å². The molecule has 0 aliphatic carbocycles. The van der Waals surface area contributed by atoms with Crippen LogP contribution in [0.25, 0.3) is 0 Å². The Morgan fingerprint density at radius 3 is 2.79 bits per heavy atom. The van der Waals surface area contributed by atoms with Crippen LogP contribution in [0.5, 0.6) is 0 Å². The molecule has 5 heteroatoms. The average Bonchev–Trinajstić information content (AvgIpc) is 2.92. The highest BCUT2D eigenvalue weighted by Crippen LogP contribution is 2.25. The Balaban J connectivity index is 2.29. The molecule has 0 atom stereocenters. The van der Waals surface area contributed by atoms with Gasteiger partial charge in [-0.25, -0.2) is 9.97 Å². The van der Waals surface area contributed by atoms with E-state index in [4.69, 9.17) is 5.73 Å². The number of hydrogen-bond acceptors (Lipinski definition) is 5. The van der Waals surface area contributed by atoms with Gasteiger partial charge in [0.2, 0.25) is 0 Å². The summed E-state index contributed by atoms with van der Waals surface area (Å²) in [6.07, 6.45) is 3.52. The van der Waals surface area contributed by atoms with Crippen LogP contribution in [0.4, 0.5) is 11.6 Å². The van der Waals surface area contributed by atoms with Gasteiger partial charge in [-0.1, -0.05) is 19.4 Å². The van der Waals surface area contributed by atoms with Crippen molar-refractivity contribution in [1.29, 1.82) is 0 Å². The molecule has 2 heterocycles. The van der Waals surface area contributed by atoms with E-state index >= 15 is 0 Å². The van der Waals surface area contributed by atoms with Gasteiger partial charge in [-0.2, -0.15) is 0 Å². The van der Waals surface area contributed by atoms with Gasteiger partial charge in [0, 0.05) is 17.0 Å². The molecule has 0 amide bonds. The number of nitrogen functional groups attached to an aromatic ring is 1. The monoisotopic (exact) mass is 276 g/mol. The predicted molar refractivity (Wildman–Crippen MR) is 81.5 cm³/mol. The second-order valence-corrected chi connectivity index (χ2v) is 5.44. The molecule has 0 aliphatic heterocycles. The van der Waals surface area contributed by atoms with Gasteiger partial charge < -0.3 is 10.6 Å². The smallest absolute Gasteiger partial charge is 0.137 e. The van der Waals surface area contributed by atoms with Crippen molar-refractivity contribution in [3.05, 3.63) is 34.3 Å². The number of anilines is 2. The van der Waals surface area contributed by atoms with Crippen molar-refractivity contribution in [3.63, 3.8) is 0 Å². The van der Waals surface area contributed by atoms with Gasteiger partial charge in [-0.3, -0.25) is 0 Å². The van der Waals surface area contributed by atoms with E-state index in [1.54, 1.807) is 17.7 Å². The van der Waals surface area contributed by atoms with E-state index in [1.165, 1.54) is 4.88 Å². The molecule has 102 valence electrons. The van der Waals surface area contributed by atoms with Gasteiger partial charge in [0.05, 0.1) is 6.54 Å². The largest absolute Gasteiger partial charge is 0.383 e. The molecule has 2 rings (SSSR count). The van der Waals surface area contributed by atoms with Gasteiger partial charge >= 0.3 is 0 Å². The lowest BCUT2D eigenvalue weighted by atomic mass is 10.1. The fraction of sp³-hybridized carbons (Fsp3) is 0.429. The molecule has 0 spiro atoms. The number of hydrogen-bond donors (Lipinski definition) is 1. The van der Waals surface area contributed by atoms with Crippen LogP contribution in [0, 0.1) is 0 Å². The predicted octanol–water partition coefficient (Wildman–Crippen LogP) is 3.10. The zero-order chi connectivity index (χ0) is 13.7. The van der Waals surface area contributed by atoms with Crippen molar-refractivity contribution < 1.29 is 0 Å². The van der Waals surface area contributed by atoms with Crippen LogP contribution < -0.4 is 10.6 Å². The Hall–Kier alpha value is -1.62. The van der Waals surface area contributed by atoms with E-state index < -0.39 is 0 Å². The van der Waals surface area contributed by atoms with Crippen molar-refractivity contribution in [1.82, 2.24) is 9.97 Å². The summed E-state index contributed by atoms with van der Waals surface area (Å²) in [5.41, 5.74) is 7.07. The first-order valence-electron chi connectivity index (χ1n) is 6.62. The van der Waals surface area contributed by atoms with Crippen molar-refractivity contribution in [2.45, 2.75) is 33.2 Å². The SMILES string of the molecule is CCCc1c(N)ncnc1N(CC)Cc1cccs1. The van der Waals surface area contributed by atoms with Crippen molar-refractivity contribution >= 4 is 23.0 Å². The first-order valence-corrected chi connectivity index (χ1v) is 7.50. The minimum atomic E-state index is 0.608. The maximum Gasteiger partial charge on any atom is 0.137 e. The highest BCUT2D eigenvalue weighted by Gasteiger charge is 2.15. The third-order valence-electron chi connectivity index (χ3n) is 3.06. The number of thiophene rings is 1. The lowest BCUT2D eigenvalue weighted by Gasteiger charge is -2.24. The molecule has 19 heavy (non-hydrogen) atoms. The van der Waals surface area contributed by atoms with Crippen LogP contribution in [0.15, 0.2) is 23.8 Å². The number of nitrogens with two attached hydrogens (primary N) is 1. The van der Waals surface area contributed by atoms with E-state index in [2.05, 4.69) is 46.2 Å². The van der Waals surface area contributed by atoms with Crippen LogP contribution in [0.2, 0.25) is 0 Å². The summed E-state index contributed by atoms with van der Waals surface area (Å²) in [5, 5.41) is 2.10. The standard InChI is InChI=1S/C14H20N4S/c1-3-6-12-13(15)16-10-17-14(12)18(4-2)9-11-7-5-8-19-11/h5,7-8,10H,3-4,6,9H2,1-2H3,(H2,15,16,17). The van der Waals surface area contributed by atoms with Crippen LogP contribution in [0.1, 0.15) is 30.7 Å². The summed E-state index contributed by atoms with van der Waals surface area (Å²) in [5.74, 6) is 1.58. The Labute approximate surface area is 118 Å². The summed E-state index contributed by atoms with van der Waals surface area (Å²) in [4.78, 5) is 12.2. The Bertz CT molecular complexity index is 510. The van der Waals surface area contributed by atoms with Crippen molar-refractivity contribution in [3.8, 4) is 0 Å². The first-order chi connectivity index (χ1) is 9.26. The van der Waals surface area contributed by atoms with Crippen LogP contribution in [-0.2, 0) is 13.0 Å². The van der Waals surface area contributed by atoms with Crippen LogP contribution in [-0.4, -0.2) is 16.5 Å². The Morgan fingerprint density at radius 1 is 1.32 bits per heavy atom. The molecule has 0 aliphatic rings. The third kappa shape index (κ3) is 3.23. The van der Waals surface area contributed by atoms with Gasteiger partial charge in [0.25, 0.3) is 0 Å². The second-order valence-electron chi connectivity index (χ2n) is 4.40. The fourth-order valence-electron chi connectivity index (χ4n) is 2.11. The lowest BCUT2D eigenvalue weighted by molar-refractivity contribution is 0.796. The quantitative estimate of drug-likeness (QED) is 0.881. The maximum atomic E-state index is 6.00. The molecule has 0 saturated carbocycles. The molecule has 0 fully saturated rings. The molecule has 0 unspecified atom stereocenters. The molecular weight excluding hydrogens is 256 g/mol. The molecule has 4 nitrogen and oxygen atoms in total. The lowest BCUT2D eigenvalue weighted by Crippen LogP contribution is -2.24. The van der Waals surface area contributed by atoms with E-state index in [0.29, 0.717) is 5.82 Å². The zero-order valence-electron chi connectivity index (χ0n) is 11.5. The van der Waals surface area contributed by atoms with E-state index in [9.17, 15) is 0 Å². The van der Waals surface area contributed by atoms with E-state index in [-0.39, 0.29) is 0 Å². The molecule has 0 aromatic carbocycles. The van der Waals surface area contributed by atoms with E-state index in [1.807, 2.05) is 0 Å². The van der Waals surface area contributed by atoms with Crippen molar-refractivity contribution in [2.24, 2.45) is 0 Å². The molecule has 2 N–H and O–H groups in total. The van der Waals surface area contributed by atoms with Gasteiger partial charge in [0.15, 0.2) is 0 Å². The van der Waals surface area contributed by atoms with Crippen molar-refractivity contribution in [2.75, 3.05) is 17.2 Å². The Morgan fingerprint density at radius 2 is 2.16 bits per heavy atom. The minimum Gasteiger partial charge on any atom is -0.383 e. The first kappa shape index (κ1) is 13.8. The average molecular weight is 276 g/mol. The van der Waals surface area contributed by atoms with Crippen LogP contribution in [0.3, 0.4) is 0 Å². The molecule has 0 bridgehead atoms. The van der Waals surface area contributed by atoms with Gasteiger partial charge in [0.1, 0.15) is 18.0 Å². The summed E-state index contributed by atoms with van der Waals surface area (Å²) in [6.45, 7) is 6.07. The third-order valence-corrected chi connectivity index (χ3v) is 3.93. The molecule has 2 aromatic rings. The maximum absolute atomic E-state index is 6.00. The Kier molecular flexibility index (Phi) is 4.74.